The highest BCUT2D eigenvalue weighted by Gasteiger charge is 2.31. The van der Waals surface area contributed by atoms with Gasteiger partial charge in [0, 0.05) is 0 Å². The van der Waals surface area contributed by atoms with E-state index in [4.69, 9.17) is 4.74 Å². The molecule has 0 aliphatic heterocycles. The molecule has 0 saturated carbocycles. The standard InChI is InChI=1S/C16H14O2/c1-18-16(17)15-13-8-4-2-6-11(13)10-12-7-3-5-9-14(12)15/h2-9,15H,10H2,1H3. The van der Waals surface area contributed by atoms with Crippen LogP contribution in [0.15, 0.2) is 48.5 Å². The van der Waals surface area contributed by atoms with E-state index in [1.807, 2.05) is 36.4 Å². The van der Waals surface area contributed by atoms with Crippen LogP contribution >= 0.6 is 0 Å². The first kappa shape index (κ1) is 11.0. The van der Waals surface area contributed by atoms with E-state index in [0.29, 0.717) is 0 Å². The molecule has 0 amide bonds. The summed E-state index contributed by atoms with van der Waals surface area (Å²) >= 11 is 0. The number of carbonyl (C=O) groups is 1. The molecule has 90 valence electrons. The van der Waals surface area contributed by atoms with Gasteiger partial charge in [0.1, 0.15) is 5.92 Å². The largest absolute Gasteiger partial charge is 0.468 e. The maximum Gasteiger partial charge on any atom is 0.317 e. The summed E-state index contributed by atoms with van der Waals surface area (Å²) in [5.41, 5.74) is 4.57. The number of fused-ring (bicyclic) bond motifs is 2. The summed E-state index contributed by atoms with van der Waals surface area (Å²) in [5.74, 6) is -0.467. The van der Waals surface area contributed by atoms with Gasteiger partial charge in [-0.15, -0.1) is 0 Å². The molecular formula is C16H14O2. The summed E-state index contributed by atoms with van der Waals surface area (Å²) in [5, 5.41) is 0. The smallest absolute Gasteiger partial charge is 0.317 e. The molecule has 2 aromatic carbocycles. The van der Waals surface area contributed by atoms with E-state index < -0.39 is 0 Å². The fourth-order valence-corrected chi connectivity index (χ4v) is 2.70. The molecule has 18 heavy (non-hydrogen) atoms. The number of esters is 1. The van der Waals surface area contributed by atoms with E-state index >= 15 is 0 Å². The van der Waals surface area contributed by atoms with Gasteiger partial charge >= 0.3 is 5.97 Å². The SMILES string of the molecule is COC(=O)C1c2ccccc2Cc2ccccc21. The fourth-order valence-electron chi connectivity index (χ4n) is 2.70. The Morgan fingerprint density at radius 2 is 1.50 bits per heavy atom. The van der Waals surface area contributed by atoms with Crippen LogP contribution in [0, 0.1) is 0 Å². The van der Waals surface area contributed by atoms with Crippen molar-refractivity contribution in [1.82, 2.24) is 0 Å². The van der Waals surface area contributed by atoms with Crippen LogP contribution in [0.1, 0.15) is 28.2 Å². The lowest BCUT2D eigenvalue weighted by molar-refractivity contribution is -0.141. The Hall–Kier alpha value is -2.09. The lowest BCUT2D eigenvalue weighted by Gasteiger charge is -2.26. The molecule has 0 radical (unpaired) electrons. The van der Waals surface area contributed by atoms with E-state index in [0.717, 1.165) is 17.5 Å². The van der Waals surface area contributed by atoms with Crippen molar-refractivity contribution in [3.05, 3.63) is 70.8 Å². The minimum atomic E-state index is -0.281. The van der Waals surface area contributed by atoms with Crippen LogP contribution in [-0.4, -0.2) is 13.1 Å². The Balaban J connectivity index is 2.20. The molecule has 2 nitrogen and oxygen atoms in total. The number of carbonyl (C=O) groups excluding carboxylic acids is 1. The molecular weight excluding hydrogens is 224 g/mol. The average Bonchev–Trinajstić information content (AvgIpc) is 2.44. The fraction of sp³-hybridized carbons (Fsp3) is 0.188. The zero-order chi connectivity index (χ0) is 12.5. The van der Waals surface area contributed by atoms with Gasteiger partial charge in [-0.1, -0.05) is 48.5 Å². The van der Waals surface area contributed by atoms with Crippen molar-refractivity contribution in [1.29, 1.82) is 0 Å². The molecule has 0 unspecified atom stereocenters. The molecule has 0 atom stereocenters. The van der Waals surface area contributed by atoms with Crippen molar-refractivity contribution in [3.8, 4) is 0 Å². The molecule has 0 N–H and O–H groups in total. The van der Waals surface area contributed by atoms with E-state index in [9.17, 15) is 4.79 Å². The molecule has 0 heterocycles. The second-order valence-corrected chi connectivity index (χ2v) is 4.53. The number of rotatable bonds is 1. The first-order valence-corrected chi connectivity index (χ1v) is 6.04. The number of ether oxygens (including phenoxy) is 1. The van der Waals surface area contributed by atoms with E-state index in [1.165, 1.54) is 18.2 Å². The van der Waals surface area contributed by atoms with E-state index in [2.05, 4.69) is 12.1 Å². The Kier molecular flexibility index (Phi) is 2.63. The van der Waals surface area contributed by atoms with Crippen LogP contribution in [0.5, 0.6) is 0 Å². The molecule has 1 aliphatic rings. The second-order valence-electron chi connectivity index (χ2n) is 4.53. The summed E-state index contributed by atoms with van der Waals surface area (Å²) < 4.78 is 4.96. The molecule has 3 rings (SSSR count). The zero-order valence-corrected chi connectivity index (χ0v) is 10.2. The van der Waals surface area contributed by atoms with E-state index in [1.54, 1.807) is 0 Å². The van der Waals surface area contributed by atoms with Gasteiger partial charge in [-0.2, -0.15) is 0 Å². The van der Waals surface area contributed by atoms with Crippen molar-refractivity contribution in [2.24, 2.45) is 0 Å². The minimum Gasteiger partial charge on any atom is -0.468 e. The van der Waals surface area contributed by atoms with Crippen LogP contribution in [0.4, 0.5) is 0 Å². The van der Waals surface area contributed by atoms with Gasteiger partial charge in [0.2, 0.25) is 0 Å². The zero-order valence-electron chi connectivity index (χ0n) is 10.2. The Bertz CT molecular complexity index is 556. The topological polar surface area (TPSA) is 26.3 Å². The first-order valence-electron chi connectivity index (χ1n) is 6.04. The van der Waals surface area contributed by atoms with Gasteiger partial charge < -0.3 is 4.74 Å². The first-order chi connectivity index (χ1) is 8.81. The molecule has 0 bridgehead atoms. The van der Waals surface area contributed by atoms with Crippen molar-refractivity contribution in [2.75, 3.05) is 7.11 Å². The lowest BCUT2D eigenvalue weighted by atomic mass is 9.78. The highest BCUT2D eigenvalue weighted by Crippen LogP contribution is 2.36. The summed E-state index contributed by atoms with van der Waals surface area (Å²) in [4.78, 5) is 12.1. The van der Waals surface area contributed by atoms with Gasteiger partial charge in [-0.05, 0) is 28.7 Å². The van der Waals surface area contributed by atoms with Gasteiger partial charge in [-0.3, -0.25) is 4.79 Å². The van der Waals surface area contributed by atoms with Gasteiger partial charge in [0.25, 0.3) is 0 Å². The van der Waals surface area contributed by atoms with E-state index in [-0.39, 0.29) is 11.9 Å². The minimum absolute atomic E-state index is 0.186. The molecule has 2 heteroatoms. The molecule has 2 aromatic rings. The highest BCUT2D eigenvalue weighted by molar-refractivity contribution is 5.84. The molecule has 1 aliphatic carbocycles. The van der Waals surface area contributed by atoms with Gasteiger partial charge in [0.15, 0.2) is 0 Å². The third-order valence-electron chi connectivity index (χ3n) is 3.55. The van der Waals surface area contributed by atoms with Crippen LogP contribution in [0.25, 0.3) is 0 Å². The van der Waals surface area contributed by atoms with Gasteiger partial charge in [-0.25, -0.2) is 0 Å². The van der Waals surface area contributed by atoms with Crippen LogP contribution in [0.2, 0.25) is 0 Å². The average molecular weight is 238 g/mol. The predicted molar refractivity (Wildman–Crippen MR) is 69.5 cm³/mol. The number of hydrogen-bond acceptors (Lipinski definition) is 2. The lowest BCUT2D eigenvalue weighted by Crippen LogP contribution is -2.22. The molecule has 0 aromatic heterocycles. The summed E-state index contributed by atoms with van der Waals surface area (Å²) in [6.45, 7) is 0. The Morgan fingerprint density at radius 3 is 2.00 bits per heavy atom. The predicted octanol–water partition coefficient (Wildman–Crippen LogP) is 2.90. The molecule has 0 spiro atoms. The normalized spacial score (nSPS) is 13.6. The summed E-state index contributed by atoms with van der Waals surface area (Å²) in [6, 6.07) is 16.2. The maximum atomic E-state index is 12.1. The quantitative estimate of drug-likeness (QED) is 0.714. The van der Waals surface area contributed by atoms with Crippen molar-refractivity contribution in [3.63, 3.8) is 0 Å². The number of hydrogen-bond donors (Lipinski definition) is 0. The summed E-state index contributed by atoms with van der Waals surface area (Å²) in [6.07, 6.45) is 0.889. The monoisotopic (exact) mass is 238 g/mol. The molecule has 0 fully saturated rings. The highest BCUT2D eigenvalue weighted by atomic mass is 16.5. The summed E-state index contributed by atoms with van der Waals surface area (Å²) in [7, 11) is 1.45. The third-order valence-corrected chi connectivity index (χ3v) is 3.55. The third kappa shape index (κ3) is 1.61. The Labute approximate surface area is 106 Å². The number of methoxy groups -OCH3 is 1. The number of benzene rings is 2. The maximum absolute atomic E-state index is 12.1. The van der Waals surface area contributed by atoms with Crippen LogP contribution in [0.3, 0.4) is 0 Å². The van der Waals surface area contributed by atoms with Gasteiger partial charge in [0.05, 0.1) is 7.11 Å². The molecule has 0 saturated heterocycles. The second kappa shape index (κ2) is 4.30. The Morgan fingerprint density at radius 1 is 1.00 bits per heavy atom. The van der Waals surface area contributed by atoms with Crippen molar-refractivity contribution >= 4 is 5.97 Å². The van der Waals surface area contributed by atoms with Crippen LogP contribution in [-0.2, 0) is 16.0 Å². The van der Waals surface area contributed by atoms with Crippen LogP contribution < -0.4 is 0 Å². The van der Waals surface area contributed by atoms with Crippen molar-refractivity contribution < 1.29 is 9.53 Å². The van der Waals surface area contributed by atoms with Crippen molar-refractivity contribution in [2.45, 2.75) is 12.3 Å².